The van der Waals surface area contributed by atoms with Gasteiger partial charge in [0, 0.05) is 30.2 Å². The highest BCUT2D eigenvalue weighted by Gasteiger charge is 2.26. The molecule has 1 amide bonds. The number of halogens is 1. The molecule has 0 aliphatic rings. The molecular weight excluding hydrogens is 423 g/mol. The maximum absolute atomic E-state index is 13.5. The van der Waals surface area contributed by atoms with E-state index in [9.17, 15) is 9.18 Å². The third-order valence-corrected chi connectivity index (χ3v) is 5.16. The van der Waals surface area contributed by atoms with E-state index in [-0.39, 0.29) is 17.8 Å². The van der Waals surface area contributed by atoms with E-state index < -0.39 is 0 Å². The number of amides is 1. The second-order valence-corrected chi connectivity index (χ2v) is 7.54. The first-order chi connectivity index (χ1) is 16.0. The number of rotatable bonds is 7. The molecule has 0 unspecified atom stereocenters. The molecule has 0 fully saturated rings. The summed E-state index contributed by atoms with van der Waals surface area (Å²) < 4.78 is 13.2. The van der Waals surface area contributed by atoms with Crippen molar-refractivity contribution in [2.24, 2.45) is 0 Å². The molecule has 33 heavy (non-hydrogen) atoms. The quantitative estimate of drug-likeness (QED) is 0.429. The van der Waals surface area contributed by atoms with Crippen LogP contribution in [0.4, 0.5) is 4.39 Å². The zero-order valence-electron chi connectivity index (χ0n) is 18.6. The molecule has 3 aromatic heterocycles. The largest absolute Gasteiger partial charge is 0.333 e. The minimum Gasteiger partial charge on any atom is -0.333 e. The minimum atomic E-state index is -0.332. The molecule has 0 N–H and O–H groups in total. The van der Waals surface area contributed by atoms with E-state index in [0.29, 0.717) is 41.6 Å². The summed E-state index contributed by atoms with van der Waals surface area (Å²) in [5, 5.41) is 12.5. The molecule has 0 aliphatic carbocycles. The topological polar surface area (TPSA) is 103 Å². The van der Waals surface area contributed by atoms with Gasteiger partial charge >= 0.3 is 0 Å². The van der Waals surface area contributed by atoms with Gasteiger partial charge in [-0.1, -0.05) is 0 Å². The van der Waals surface area contributed by atoms with E-state index in [1.54, 1.807) is 35.5 Å². The number of aromatic nitrogens is 7. The Bertz CT molecular complexity index is 1240. The summed E-state index contributed by atoms with van der Waals surface area (Å²) in [4.78, 5) is 29.7. The Balaban J connectivity index is 1.56. The number of pyridine rings is 1. The fourth-order valence-corrected chi connectivity index (χ4v) is 3.50. The fraction of sp³-hybridized carbons (Fsp3) is 0.261. The van der Waals surface area contributed by atoms with Crippen LogP contribution in [-0.4, -0.2) is 58.6 Å². The van der Waals surface area contributed by atoms with E-state index in [4.69, 9.17) is 0 Å². The SMILES string of the molecule is CCN(C(=O)c1nc(C)ccc1-c1ncccn1)[C@@H](C)Cn1nnc(-c2ccc(F)cc2)n1. The lowest BCUT2D eigenvalue weighted by Gasteiger charge is -2.28. The van der Waals surface area contributed by atoms with Gasteiger partial charge in [-0.2, -0.15) is 4.80 Å². The van der Waals surface area contributed by atoms with Crippen molar-refractivity contribution in [3.8, 4) is 22.8 Å². The molecule has 4 rings (SSSR count). The maximum atomic E-state index is 13.5. The molecule has 0 aliphatic heterocycles. The van der Waals surface area contributed by atoms with Gasteiger partial charge in [-0.15, -0.1) is 10.2 Å². The Labute approximate surface area is 190 Å². The lowest BCUT2D eigenvalue weighted by atomic mass is 10.1. The number of aryl methyl sites for hydroxylation is 1. The number of nitrogens with zero attached hydrogens (tertiary/aromatic N) is 8. The summed E-state index contributed by atoms with van der Waals surface area (Å²) in [5.74, 6) is 0.274. The lowest BCUT2D eigenvalue weighted by molar-refractivity contribution is 0.0675. The Kier molecular flexibility index (Phi) is 6.43. The number of tetrazole rings is 1. The highest BCUT2D eigenvalue weighted by atomic mass is 19.1. The average Bonchev–Trinajstić information content (AvgIpc) is 3.28. The van der Waals surface area contributed by atoms with Crippen LogP contribution in [0.3, 0.4) is 0 Å². The first-order valence-corrected chi connectivity index (χ1v) is 10.6. The Hall–Kier alpha value is -4.08. The minimum absolute atomic E-state index is 0.227. The van der Waals surface area contributed by atoms with Crippen LogP contribution < -0.4 is 0 Å². The van der Waals surface area contributed by atoms with Crippen molar-refractivity contribution in [1.82, 2.24) is 40.1 Å². The van der Waals surface area contributed by atoms with Gasteiger partial charge in [0.25, 0.3) is 5.91 Å². The van der Waals surface area contributed by atoms with Gasteiger partial charge < -0.3 is 4.90 Å². The molecule has 1 aromatic carbocycles. The Morgan fingerprint density at radius 2 is 1.82 bits per heavy atom. The van der Waals surface area contributed by atoms with Gasteiger partial charge in [-0.3, -0.25) is 4.79 Å². The molecular formula is C23H23FN8O. The van der Waals surface area contributed by atoms with Gasteiger partial charge in [0.15, 0.2) is 5.82 Å². The number of likely N-dealkylation sites (N-methyl/N-ethyl adjacent to an activating group) is 1. The maximum Gasteiger partial charge on any atom is 0.273 e. The van der Waals surface area contributed by atoms with Crippen molar-refractivity contribution in [3.05, 3.63) is 72.1 Å². The van der Waals surface area contributed by atoms with Crippen LogP contribution in [0.5, 0.6) is 0 Å². The third kappa shape index (κ3) is 4.89. The smallest absolute Gasteiger partial charge is 0.273 e. The monoisotopic (exact) mass is 446 g/mol. The van der Waals surface area contributed by atoms with E-state index >= 15 is 0 Å². The number of hydrogen-bond donors (Lipinski definition) is 0. The summed E-state index contributed by atoms with van der Waals surface area (Å²) in [6, 6.07) is 11.0. The van der Waals surface area contributed by atoms with Crippen LogP contribution in [0.25, 0.3) is 22.8 Å². The molecule has 0 radical (unpaired) electrons. The summed E-state index contributed by atoms with van der Waals surface area (Å²) in [7, 11) is 0. The average molecular weight is 446 g/mol. The van der Waals surface area contributed by atoms with E-state index in [1.165, 1.54) is 16.9 Å². The van der Waals surface area contributed by atoms with E-state index in [0.717, 1.165) is 5.69 Å². The third-order valence-electron chi connectivity index (χ3n) is 5.16. The first kappa shape index (κ1) is 22.1. The number of carbonyl (C=O) groups excluding carboxylic acids is 1. The summed E-state index contributed by atoms with van der Waals surface area (Å²) >= 11 is 0. The zero-order valence-corrected chi connectivity index (χ0v) is 18.6. The molecule has 9 nitrogen and oxygen atoms in total. The van der Waals surface area contributed by atoms with Crippen molar-refractivity contribution >= 4 is 5.91 Å². The molecule has 0 saturated carbocycles. The molecule has 168 valence electrons. The molecule has 0 bridgehead atoms. The van der Waals surface area contributed by atoms with Crippen LogP contribution >= 0.6 is 0 Å². The lowest BCUT2D eigenvalue weighted by Crippen LogP contribution is -2.42. The van der Waals surface area contributed by atoms with Crippen molar-refractivity contribution in [2.45, 2.75) is 33.4 Å². The molecule has 0 saturated heterocycles. The van der Waals surface area contributed by atoms with Crippen molar-refractivity contribution in [3.63, 3.8) is 0 Å². The highest BCUT2D eigenvalue weighted by molar-refractivity contribution is 5.98. The molecule has 1 atom stereocenters. The van der Waals surface area contributed by atoms with Crippen LogP contribution in [-0.2, 0) is 6.54 Å². The van der Waals surface area contributed by atoms with Crippen molar-refractivity contribution in [1.29, 1.82) is 0 Å². The number of hydrogen-bond acceptors (Lipinski definition) is 7. The number of benzene rings is 1. The molecule has 10 heteroatoms. The van der Waals surface area contributed by atoms with Crippen LogP contribution in [0.15, 0.2) is 54.9 Å². The first-order valence-electron chi connectivity index (χ1n) is 10.6. The van der Waals surface area contributed by atoms with Gasteiger partial charge in [-0.25, -0.2) is 19.3 Å². The standard InChI is InChI=1S/C23H23FN8O/c1-4-31(16(3)14-32-29-21(28-30-32)17-7-9-18(24)10-8-17)23(33)20-19(11-6-15(2)27-20)22-25-12-5-13-26-22/h5-13,16H,4,14H2,1-3H3/t16-/m0/s1. The van der Waals surface area contributed by atoms with E-state index in [1.807, 2.05) is 32.9 Å². The highest BCUT2D eigenvalue weighted by Crippen LogP contribution is 2.21. The zero-order chi connectivity index (χ0) is 23.4. The van der Waals surface area contributed by atoms with E-state index in [2.05, 4.69) is 30.4 Å². The van der Waals surface area contributed by atoms with Crippen LogP contribution in [0.1, 0.15) is 30.0 Å². The van der Waals surface area contributed by atoms with Crippen molar-refractivity contribution < 1.29 is 9.18 Å². The summed E-state index contributed by atoms with van der Waals surface area (Å²) in [6.45, 7) is 6.45. The Morgan fingerprint density at radius 3 is 2.52 bits per heavy atom. The second-order valence-electron chi connectivity index (χ2n) is 7.54. The normalized spacial score (nSPS) is 11.9. The van der Waals surface area contributed by atoms with Crippen molar-refractivity contribution in [2.75, 3.05) is 6.54 Å². The van der Waals surface area contributed by atoms with Crippen LogP contribution in [0, 0.1) is 12.7 Å². The van der Waals surface area contributed by atoms with Crippen LogP contribution in [0.2, 0.25) is 0 Å². The molecule has 3 heterocycles. The summed E-state index contributed by atoms with van der Waals surface area (Å²) in [6.07, 6.45) is 3.26. The molecule has 0 spiro atoms. The summed E-state index contributed by atoms with van der Waals surface area (Å²) in [5.41, 5.74) is 2.27. The predicted molar refractivity (Wildman–Crippen MR) is 119 cm³/mol. The Morgan fingerprint density at radius 1 is 1.09 bits per heavy atom. The molecule has 4 aromatic rings. The van der Waals surface area contributed by atoms with Gasteiger partial charge in [0.2, 0.25) is 5.82 Å². The predicted octanol–water partition coefficient (Wildman–Crippen LogP) is 3.19. The van der Waals surface area contributed by atoms with Gasteiger partial charge in [-0.05, 0) is 68.4 Å². The number of carbonyl (C=O) groups is 1. The van der Waals surface area contributed by atoms with Gasteiger partial charge in [0.05, 0.1) is 18.2 Å². The fourth-order valence-electron chi connectivity index (χ4n) is 3.50. The second kappa shape index (κ2) is 9.60. The van der Waals surface area contributed by atoms with Gasteiger partial charge in [0.1, 0.15) is 11.5 Å².